The van der Waals surface area contributed by atoms with Crippen LogP contribution in [0.5, 0.6) is 5.75 Å². The van der Waals surface area contributed by atoms with E-state index >= 15 is 0 Å². The normalized spacial score (nSPS) is 11.1. The molecule has 0 spiro atoms. The minimum atomic E-state index is -0.804. The molecule has 2 rings (SSSR count). The van der Waals surface area contributed by atoms with Gasteiger partial charge in [0.25, 0.3) is 11.6 Å². The Morgan fingerprint density at radius 1 is 1.30 bits per heavy atom. The standard InChI is InChI=1S/C16H13N3O4/c1-11(23-15-7-5-14(6-8-15)19(21)22)16(20)18-13-4-2-3-12(9-13)10-17/h2-9,11H,1H3,(H,18,20). The lowest BCUT2D eigenvalue weighted by atomic mass is 10.2. The zero-order valence-electron chi connectivity index (χ0n) is 12.2. The Kier molecular flexibility index (Phi) is 4.89. The number of hydrogen-bond acceptors (Lipinski definition) is 5. The van der Waals surface area contributed by atoms with Gasteiger partial charge < -0.3 is 10.1 Å². The Balaban J connectivity index is 1.99. The first kappa shape index (κ1) is 16.0. The number of rotatable bonds is 5. The Hall–Kier alpha value is -3.40. The summed E-state index contributed by atoms with van der Waals surface area (Å²) in [7, 11) is 0. The molecular formula is C16H13N3O4. The quantitative estimate of drug-likeness (QED) is 0.675. The largest absolute Gasteiger partial charge is 0.481 e. The summed E-state index contributed by atoms with van der Waals surface area (Å²) in [5.74, 6) is -0.0394. The van der Waals surface area contributed by atoms with Gasteiger partial charge in [-0.15, -0.1) is 0 Å². The molecule has 0 saturated heterocycles. The van der Waals surface area contributed by atoms with Gasteiger partial charge in [-0.25, -0.2) is 0 Å². The summed E-state index contributed by atoms with van der Waals surface area (Å²) in [6, 6.07) is 14.0. The fourth-order valence-electron chi connectivity index (χ4n) is 1.81. The van der Waals surface area contributed by atoms with Gasteiger partial charge in [0, 0.05) is 17.8 Å². The van der Waals surface area contributed by atoms with Crippen LogP contribution in [0, 0.1) is 21.4 Å². The maximum atomic E-state index is 12.1. The molecule has 0 aliphatic carbocycles. The van der Waals surface area contributed by atoms with E-state index in [4.69, 9.17) is 10.00 Å². The summed E-state index contributed by atoms with van der Waals surface area (Å²) in [6.45, 7) is 1.56. The van der Waals surface area contributed by atoms with Crippen molar-refractivity contribution >= 4 is 17.3 Å². The van der Waals surface area contributed by atoms with Gasteiger partial charge in [0.1, 0.15) is 5.75 Å². The number of benzene rings is 2. The van der Waals surface area contributed by atoms with E-state index in [1.165, 1.54) is 24.3 Å². The van der Waals surface area contributed by atoms with Crippen LogP contribution in [0.15, 0.2) is 48.5 Å². The maximum Gasteiger partial charge on any atom is 0.269 e. The lowest BCUT2D eigenvalue weighted by Gasteiger charge is -2.14. The van der Waals surface area contributed by atoms with Crippen molar-refractivity contribution in [3.05, 3.63) is 64.2 Å². The van der Waals surface area contributed by atoms with Gasteiger partial charge in [0.15, 0.2) is 6.10 Å². The number of hydrogen-bond donors (Lipinski definition) is 1. The number of anilines is 1. The van der Waals surface area contributed by atoms with Crippen LogP contribution in [0.2, 0.25) is 0 Å². The molecule has 23 heavy (non-hydrogen) atoms. The molecule has 1 unspecified atom stereocenters. The Labute approximate surface area is 132 Å². The molecule has 7 heteroatoms. The smallest absolute Gasteiger partial charge is 0.269 e. The number of carbonyl (C=O) groups excluding carboxylic acids is 1. The molecule has 7 nitrogen and oxygen atoms in total. The molecule has 0 fully saturated rings. The van der Waals surface area contributed by atoms with E-state index in [1.807, 2.05) is 6.07 Å². The van der Waals surface area contributed by atoms with E-state index in [-0.39, 0.29) is 5.69 Å². The predicted octanol–water partition coefficient (Wildman–Crippen LogP) is 2.87. The van der Waals surface area contributed by atoms with Crippen molar-refractivity contribution in [2.75, 3.05) is 5.32 Å². The van der Waals surface area contributed by atoms with Crippen LogP contribution >= 0.6 is 0 Å². The van der Waals surface area contributed by atoms with Crippen LogP contribution in [0.4, 0.5) is 11.4 Å². The molecule has 2 aromatic rings. The number of non-ortho nitro benzene ring substituents is 1. The molecule has 0 heterocycles. The molecule has 0 saturated carbocycles. The van der Waals surface area contributed by atoms with Crippen molar-refractivity contribution in [2.45, 2.75) is 13.0 Å². The van der Waals surface area contributed by atoms with Gasteiger partial charge >= 0.3 is 0 Å². The van der Waals surface area contributed by atoms with Crippen LogP contribution < -0.4 is 10.1 Å². The van der Waals surface area contributed by atoms with Gasteiger partial charge in [0.05, 0.1) is 16.6 Å². The summed E-state index contributed by atoms with van der Waals surface area (Å²) in [6.07, 6.45) is -0.804. The zero-order valence-corrected chi connectivity index (χ0v) is 12.2. The molecule has 0 radical (unpaired) electrons. The average molecular weight is 311 g/mol. The van der Waals surface area contributed by atoms with Crippen LogP contribution in [0.3, 0.4) is 0 Å². The monoisotopic (exact) mass is 311 g/mol. The highest BCUT2D eigenvalue weighted by Gasteiger charge is 2.15. The average Bonchev–Trinajstić information content (AvgIpc) is 2.55. The van der Waals surface area contributed by atoms with Gasteiger partial charge in [-0.2, -0.15) is 5.26 Å². The number of amides is 1. The Morgan fingerprint density at radius 3 is 2.61 bits per heavy atom. The summed E-state index contributed by atoms with van der Waals surface area (Å²) in [4.78, 5) is 22.1. The lowest BCUT2D eigenvalue weighted by Crippen LogP contribution is -2.30. The fraction of sp³-hybridized carbons (Fsp3) is 0.125. The van der Waals surface area contributed by atoms with Crippen molar-refractivity contribution in [1.29, 1.82) is 5.26 Å². The summed E-state index contributed by atoms with van der Waals surface area (Å²) in [5.41, 5.74) is 0.878. The third-order valence-electron chi connectivity index (χ3n) is 2.99. The van der Waals surface area contributed by atoms with Crippen molar-refractivity contribution < 1.29 is 14.5 Å². The maximum absolute atomic E-state index is 12.1. The molecule has 0 aliphatic heterocycles. The summed E-state index contributed by atoms with van der Waals surface area (Å²) in [5, 5.41) is 22.0. The molecule has 1 amide bonds. The molecule has 1 N–H and O–H groups in total. The topological polar surface area (TPSA) is 105 Å². The fourth-order valence-corrected chi connectivity index (χ4v) is 1.81. The van der Waals surface area contributed by atoms with Gasteiger partial charge in [-0.1, -0.05) is 6.07 Å². The second-order valence-electron chi connectivity index (χ2n) is 4.69. The highest BCUT2D eigenvalue weighted by Crippen LogP contribution is 2.19. The number of nitro groups is 1. The van der Waals surface area contributed by atoms with E-state index in [2.05, 4.69) is 5.32 Å². The number of nitro benzene ring substituents is 1. The third-order valence-corrected chi connectivity index (χ3v) is 2.99. The Bertz CT molecular complexity index is 766. The van der Waals surface area contributed by atoms with E-state index in [9.17, 15) is 14.9 Å². The summed E-state index contributed by atoms with van der Waals surface area (Å²) >= 11 is 0. The van der Waals surface area contributed by atoms with Crippen LogP contribution in [0.25, 0.3) is 0 Å². The first-order valence-electron chi connectivity index (χ1n) is 6.72. The SMILES string of the molecule is CC(Oc1ccc([N+](=O)[O-])cc1)C(=O)Nc1cccc(C#N)c1. The van der Waals surface area contributed by atoms with Gasteiger partial charge in [0.2, 0.25) is 0 Å². The van der Waals surface area contributed by atoms with Crippen molar-refractivity contribution in [2.24, 2.45) is 0 Å². The highest BCUT2D eigenvalue weighted by molar-refractivity contribution is 5.94. The highest BCUT2D eigenvalue weighted by atomic mass is 16.6. The second kappa shape index (κ2) is 7.04. The van der Waals surface area contributed by atoms with Gasteiger partial charge in [-0.05, 0) is 37.3 Å². The lowest BCUT2D eigenvalue weighted by molar-refractivity contribution is -0.384. The van der Waals surface area contributed by atoms with Gasteiger partial charge in [-0.3, -0.25) is 14.9 Å². The molecule has 0 aromatic heterocycles. The summed E-state index contributed by atoms with van der Waals surface area (Å²) < 4.78 is 5.44. The van der Waals surface area contributed by atoms with E-state index in [0.29, 0.717) is 17.0 Å². The molecule has 2 aromatic carbocycles. The first-order chi connectivity index (χ1) is 11.0. The number of nitrogens with one attached hydrogen (secondary N) is 1. The first-order valence-corrected chi connectivity index (χ1v) is 6.72. The number of nitriles is 1. The molecular weight excluding hydrogens is 298 g/mol. The minimum Gasteiger partial charge on any atom is -0.481 e. The number of carbonyl (C=O) groups is 1. The number of ether oxygens (including phenoxy) is 1. The molecule has 0 bridgehead atoms. The van der Waals surface area contributed by atoms with E-state index < -0.39 is 16.9 Å². The molecule has 1 atom stereocenters. The van der Waals surface area contributed by atoms with Crippen molar-refractivity contribution in [3.63, 3.8) is 0 Å². The zero-order chi connectivity index (χ0) is 16.8. The number of nitrogens with zero attached hydrogens (tertiary/aromatic N) is 2. The third kappa shape index (κ3) is 4.28. The van der Waals surface area contributed by atoms with E-state index in [1.54, 1.807) is 31.2 Å². The Morgan fingerprint density at radius 2 is 2.00 bits per heavy atom. The molecule has 116 valence electrons. The van der Waals surface area contributed by atoms with E-state index in [0.717, 1.165) is 0 Å². The van der Waals surface area contributed by atoms with Crippen molar-refractivity contribution in [3.8, 4) is 11.8 Å². The van der Waals surface area contributed by atoms with Crippen molar-refractivity contribution in [1.82, 2.24) is 0 Å². The second-order valence-corrected chi connectivity index (χ2v) is 4.69. The minimum absolute atomic E-state index is 0.0530. The predicted molar refractivity (Wildman–Crippen MR) is 83.0 cm³/mol. The van der Waals surface area contributed by atoms with Crippen LogP contribution in [-0.2, 0) is 4.79 Å². The molecule has 0 aliphatic rings. The van der Waals surface area contributed by atoms with Crippen LogP contribution in [0.1, 0.15) is 12.5 Å². The van der Waals surface area contributed by atoms with Crippen LogP contribution in [-0.4, -0.2) is 16.9 Å².